The van der Waals surface area contributed by atoms with Crippen molar-refractivity contribution in [2.75, 3.05) is 6.54 Å². The van der Waals surface area contributed by atoms with E-state index in [1.165, 1.54) is 42.0 Å². The Kier molecular flexibility index (Phi) is 26.1. The van der Waals surface area contributed by atoms with Gasteiger partial charge in [0.25, 0.3) is 0 Å². The fourth-order valence-electron chi connectivity index (χ4n) is 9.07. The second-order valence-corrected chi connectivity index (χ2v) is 18.1. The molecule has 0 amide bonds. The molecule has 0 saturated heterocycles. The number of ketones is 2. The topological polar surface area (TPSA) is 90.2 Å². The Hall–Kier alpha value is -8.06. The van der Waals surface area contributed by atoms with Crippen molar-refractivity contribution in [1.29, 1.82) is 0 Å². The summed E-state index contributed by atoms with van der Waals surface area (Å²) in [6.45, 7) is 36.9. The monoisotopic (exact) mass is 1030 g/mol. The predicted octanol–water partition coefficient (Wildman–Crippen LogP) is 15.3. The minimum atomic E-state index is -0.675. The molecule has 1 aliphatic heterocycles. The Morgan fingerprint density at radius 1 is 0.829 bits per heavy atom. The zero-order valence-corrected chi connectivity index (χ0v) is 46.5. The highest BCUT2D eigenvalue weighted by atomic mass is 19.1. The number of hydrogen-bond donors (Lipinski definition) is 1. The normalized spacial score (nSPS) is 14.2. The molecule has 9 heteroatoms. The van der Waals surface area contributed by atoms with Gasteiger partial charge in [-0.3, -0.25) is 19.2 Å². The molecular formula is C67H78F2N3O4. The Bertz CT molecular complexity index is 3190. The first-order valence-corrected chi connectivity index (χ1v) is 25.8. The minimum Gasteiger partial charge on any atom is -0.381 e. The smallest absolute Gasteiger partial charge is 0.241 e. The summed E-state index contributed by atoms with van der Waals surface area (Å²) in [5, 5.41) is 3.42. The predicted molar refractivity (Wildman–Crippen MR) is 318 cm³/mol. The molecule has 0 spiro atoms. The van der Waals surface area contributed by atoms with Crippen LogP contribution in [0.4, 0.5) is 8.78 Å². The van der Waals surface area contributed by atoms with E-state index in [0.29, 0.717) is 48.5 Å². The Morgan fingerprint density at radius 2 is 1.41 bits per heavy atom. The van der Waals surface area contributed by atoms with Crippen LogP contribution in [-0.2, 0) is 6.42 Å². The molecule has 2 aromatic heterocycles. The molecule has 399 valence electrons. The van der Waals surface area contributed by atoms with Crippen molar-refractivity contribution in [1.82, 2.24) is 14.5 Å². The van der Waals surface area contributed by atoms with Gasteiger partial charge in [-0.05, 0) is 120 Å². The number of nitrogens with one attached hydrogen (secondary N) is 1. The van der Waals surface area contributed by atoms with Gasteiger partial charge in [0.2, 0.25) is 11.6 Å². The third-order valence-corrected chi connectivity index (χ3v) is 12.8. The lowest BCUT2D eigenvalue weighted by Crippen LogP contribution is -2.41. The number of allylic oxidation sites excluding steroid dienone is 6. The van der Waals surface area contributed by atoms with Crippen molar-refractivity contribution in [3.05, 3.63) is 213 Å². The highest BCUT2D eigenvalue weighted by Gasteiger charge is 2.33. The number of rotatable bonds is 14. The summed E-state index contributed by atoms with van der Waals surface area (Å²) < 4.78 is 31.9. The summed E-state index contributed by atoms with van der Waals surface area (Å²) in [4.78, 5) is 50.6. The van der Waals surface area contributed by atoms with E-state index in [1.54, 1.807) is 36.7 Å². The lowest BCUT2D eigenvalue weighted by molar-refractivity contribution is 0.104. The third-order valence-electron chi connectivity index (χ3n) is 12.8. The number of halogens is 2. The maximum atomic E-state index is 14.6. The molecule has 0 bridgehead atoms. The average molecular weight is 1030 g/mol. The Morgan fingerprint density at radius 3 is 1.92 bits per heavy atom. The van der Waals surface area contributed by atoms with Gasteiger partial charge in [-0.2, -0.15) is 0 Å². The van der Waals surface area contributed by atoms with Gasteiger partial charge in [0.15, 0.2) is 10.9 Å². The number of carbonyl (C=O) groups excluding carboxylic acids is 2. The van der Waals surface area contributed by atoms with Crippen LogP contribution in [0.1, 0.15) is 165 Å². The number of aryl methyl sites for hydroxylation is 1. The van der Waals surface area contributed by atoms with Gasteiger partial charge in [0.1, 0.15) is 11.6 Å². The van der Waals surface area contributed by atoms with Crippen molar-refractivity contribution >= 4 is 39.6 Å². The number of hydrogen-bond acceptors (Lipinski definition) is 5. The van der Waals surface area contributed by atoms with Crippen molar-refractivity contribution in [2.24, 2.45) is 11.3 Å². The second kappa shape index (κ2) is 31.0. The first kappa shape index (κ1) is 64.1. The van der Waals surface area contributed by atoms with Crippen molar-refractivity contribution in [2.45, 2.75) is 114 Å². The standard InChI is InChI=1S/C37H37FNO2.C24H23FN2O2.2C2H6.C2H4.2H/c1-8-16-27(10-3)33(12-5)39-24-32(35(40)13-6)36(41)23-34(39)25(7)37(29-19-15-20-30(38)22-29)31(11-4)28-18-14-17-26(9-2)21-28;1-6-17(15-8-10-16(25)11-9-15)23-19-12-21(29)18(20(28)7-2)14-27(19)22(13-26-23)24(3,4)5;3*1-2;;/h1,6,11,14-15,17-24,27,33H,3,9-10,12,16H2,2,4-5,7H3;2,6,8-12,14,22,26H,1,13H2,3-5H3;2*1-2H3;1-2H2;;/b31-11+,37-25+;23-17+;;;;;/t27?,33-;22-;;;;;/m00...../s1. The van der Waals surface area contributed by atoms with Crippen LogP contribution < -0.4 is 16.2 Å². The first-order chi connectivity index (χ1) is 36.4. The van der Waals surface area contributed by atoms with E-state index in [2.05, 4.69) is 83.6 Å². The van der Waals surface area contributed by atoms with Gasteiger partial charge in [0.05, 0.1) is 28.6 Å². The van der Waals surface area contributed by atoms with Crippen molar-refractivity contribution in [3.63, 3.8) is 0 Å². The maximum Gasteiger partial charge on any atom is 0.241 e. The van der Waals surface area contributed by atoms with E-state index in [1.807, 2.05) is 87.8 Å². The van der Waals surface area contributed by atoms with Gasteiger partial charge in [-0.1, -0.05) is 136 Å². The van der Waals surface area contributed by atoms with Crippen molar-refractivity contribution < 1.29 is 21.2 Å². The highest BCUT2D eigenvalue weighted by molar-refractivity contribution is 6.14. The fourth-order valence-corrected chi connectivity index (χ4v) is 9.07. The van der Waals surface area contributed by atoms with Gasteiger partial charge in [-0.15, -0.1) is 38.3 Å². The van der Waals surface area contributed by atoms with Gasteiger partial charge < -0.3 is 14.5 Å². The summed E-state index contributed by atoms with van der Waals surface area (Å²) >= 11 is 0. The number of terminal acetylenes is 3. The zero-order valence-electron chi connectivity index (χ0n) is 48.5. The largest absolute Gasteiger partial charge is 0.381 e. The molecule has 7 nitrogen and oxygen atoms in total. The lowest BCUT2D eigenvalue weighted by Gasteiger charge is -2.40. The SMILES string of the molecule is C#CC(=O)c1cn2c(cc1=O)/C(=C(/C=C)c1ccc(F)cc1)NC[C@H]2C(C)(C)C.C#CCC(C[CH2])[C@H](CC)n1cc(C(=O)C#C)c(=O)cc1/C(C)=C(/C(=C/C)c1cccc(CC)c1)c1cccc(F)c1.C=C.CC.CC.[H].[H]. The molecule has 0 aliphatic carbocycles. The second-order valence-electron chi connectivity index (χ2n) is 18.1. The lowest BCUT2D eigenvalue weighted by atomic mass is 9.84. The maximum absolute atomic E-state index is 14.6. The highest BCUT2D eigenvalue weighted by Crippen LogP contribution is 2.41. The third kappa shape index (κ3) is 15.5. The molecule has 5 aromatic rings. The van der Waals surface area contributed by atoms with Crippen LogP contribution in [0.25, 0.3) is 28.0 Å². The molecule has 0 fully saturated rings. The van der Waals surface area contributed by atoms with E-state index < -0.39 is 22.4 Å². The fraction of sp³-hybridized carbons (Fsp3) is 0.299. The molecule has 3 aromatic carbocycles. The Balaban J connectivity index is 0.00000141. The van der Waals surface area contributed by atoms with E-state index in [9.17, 15) is 28.0 Å². The first-order valence-electron chi connectivity index (χ1n) is 25.8. The quantitative estimate of drug-likeness (QED) is 0.0393. The van der Waals surface area contributed by atoms with E-state index in [4.69, 9.17) is 19.3 Å². The van der Waals surface area contributed by atoms with Crippen LogP contribution in [0.5, 0.6) is 0 Å². The number of nitrogens with zero attached hydrogens (tertiary/aromatic N) is 2. The molecule has 1 N–H and O–H groups in total. The Labute approximate surface area is 455 Å². The van der Waals surface area contributed by atoms with Crippen LogP contribution in [-0.4, -0.2) is 27.2 Å². The van der Waals surface area contributed by atoms with E-state index in [0.717, 1.165) is 39.8 Å². The number of fused-ring (bicyclic) bond motifs is 1. The molecule has 3 heterocycles. The summed E-state index contributed by atoms with van der Waals surface area (Å²) in [7, 11) is 0. The zero-order chi connectivity index (χ0) is 57.4. The molecule has 1 aliphatic rings. The number of benzene rings is 3. The average Bonchev–Trinajstić information content (AvgIpc) is 3.44. The number of Topliss-reactive ketones (excluding diaryl/α,β-unsaturated/α-hetero) is 2. The minimum absolute atomic E-state index is 0. The van der Waals surface area contributed by atoms with E-state index in [-0.39, 0.29) is 49.0 Å². The van der Waals surface area contributed by atoms with Gasteiger partial charge >= 0.3 is 0 Å². The summed E-state index contributed by atoms with van der Waals surface area (Å²) in [5.74, 6) is 4.84. The molecule has 6 rings (SSSR count). The summed E-state index contributed by atoms with van der Waals surface area (Å²) in [6, 6.07) is 23.5. The molecule has 3 atom stereocenters. The number of carbonyl (C=O) groups is 2. The molecule has 76 heavy (non-hydrogen) atoms. The van der Waals surface area contributed by atoms with Crippen LogP contribution in [0.2, 0.25) is 0 Å². The van der Waals surface area contributed by atoms with Crippen LogP contribution in [0.3, 0.4) is 0 Å². The van der Waals surface area contributed by atoms with Gasteiger partial charge in [0, 0.05) is 57.7 Å². The van der Waals surface area contributed by atoms with Crippen LogP contribution in [0.15, 0.2) is 139 Å². The number of pyridine rings is 2. The summed E-state index contributed by atoms with van der Waals surface area (Å²) in [5.41, 5.74) is 7.56. The van der Waals surface area contributed by atoms with Crippen LogP contribution in [0, 0.1) is 66.9 Å². The summed E-state index contributed by atoms with van der Waals surface area (Å²) in [6.07, 6.45) is 25.8. The number of aromatic nitrogens is 2. The molecule has 1 unspecified atom stereocenters. The molecular weight excluding hydrogens is 949 g/mol. The van der Waals surface area contributed by atoms with Crippen molar-refractivity contribution in [3.8, 4) is 37.0 Å². The van der Waals surface area contributed by atoms with Crippen LogP contribution >= 0.6 is 0 Å². The molecule has 3 radical (unpaired) electrons. The van der Waals surface area contributed by atoms with Gasteiger partial charge in [-0.25, -0.2) is 8.78 Å². The van der Waals surface area contributed by atoms with E-state index >= 15 is 0 Å². The molecule has 0 saturated carbocycles.